The van der Waals surface area contributed by atoms with Crippen molar-refractivity contribution >= 4 is 23.0 Å². The molecule has 3 aliphatic rings. The number of ether oxygens (including phenoxy) is 1. The summed E-state index contributed by atoms with van der Waals surface area (Å²) in [6.45, 7) is 0. The number of thiocarbonyl (C=S) groups is 1. The van der Waals surface area contributed by atoms with Gasteiger partial charge in [-0.15, -0.1) is 0 Å². The van der Waals surface area contributed by atoms with Crippen LogP contribution in [0.3, 0.4) is 0 Å². The van der Waals surface area contributed by atoms with Gasteiger partial charge in [-0.1, -0.05) is 12.8 Å². The Morgan fingerprint density at radius 3 is 2.25 bits per heavy atom. The quantitative estimate of drug-likeness (QED) is 0.735. The van der Waals surface area contributed by atoms with Crippen LogP contribution in [0.5, 0.6) is 5.75 Å². The number of hydrogen-bond donors (Lipinski definition) is 2. The molecule has 0 spiro atoms. The summed E-state index contributed by atoms with van der Waals surface area (Å²) in [4.78, 5) is 0. The van der Waals surface area contributed by atoms with E-state index >= 15 is 0 Å². The molecule has 2 N–H and O–H groups in total. The van der Waals surface area contributed by atoms with E-state index in [1.165, 1.54) is 64.2 Å². The molecule has 4 rings (SSSR count). The zero-order valence-corrected chi connectivity index (χ0v) is 15.2. The van der Waals surface area contributed by atoms with Crippen LogP contribution in [0, 0.1) is 5.92 Å². The van der Waals surface area contributed by atoms with Gasteiger partial charge in [-0.3, -0.25) is 0 Å². The molecular weight excluding hydrogens is 316 g/mol. The molecule has 1 aromatic carbocycles. The highest BCUT2D eigenvalue weighted by atomic mass is 32.1. The van der Waals surface area contributed by atoms with E-state index in [0.29, 0.717) is 6.10 Å². The van der Waals surface area contributed by atoms with Gasteiger partial charge in [-0.25, -0.2) is 0 Å². The molecule has 0 bridgehead atoms. The van der Waals surface area contributed by atoms with Gasteiger partial charge < -0.3 is 15.4 Å². The first kappa shape index (κ1) is 16.2. The maximum Gasteiger partial charge on any atom is 0.171 e. The van der Waals surface area contributed by atoms with Crippen molar-refractivity contribution in [3.63, 3.8) is 0 Å². The number of nitrogens with one attached hydrogen (secondary N) is 2. The lowest BCUT2D eigenvalue weighted by molar-refractivity contribution is 0.210. The molecule has 0 aliphatic heterocycles. The van der Waals surface area contributed by atoms with Crippen LogP contribution < -0.4 is 15.4 Å². The first-order chi connectivity index (χ1) is 11.7. The summed E-state index contributed by atoms with van der Waals surface area (Å²) in [6.07, 6.45) is 13.3. The van der Waals surface area contributed by atoms with Crippen molar-refractivity contribution in [1.29, 1.82) is 0 Å². The lowest BCUT2D eigenvalue weighted by Gasteiger charge is -2.32. The molecule has 3 fully saturated rings. The predicted molar refractivity (Wildman–Crippen MR) is 103 cm³/mol. The third-order valence-electron chi connectivity index (χ3n) is 5.93. The van der Waals surface area contributed by atoms with Crippen molar-refractivity contribution in [3.05, 3.63) is 24.3 Å². The highest BCUT2D eigenvalue weighted by molar-refractivity contribution is 7.80. The molecule has 3 nitrogen and oxygen atoms in total. The van der Waals surface area contributed by atoms with Gasteiger partial charge in [0.1, 0.15) is 5.75 Å². The van der Waals surface area contributed by atoms with Gasteiger partial charge in [0, 0.05) is 11.2 Å². The molecule has 0 aromatic heterocycles. The van der Waals surface area contributed by atoms with Crippen molar-refractivity contribution in [2.24, 2.45) is 5.92 Å². The van der Waals surface area contributed by atoms with Crippen LogP contribution in [-0.2, 0) is 0 Å². The van der Waals surface area contributed by atoms with E-state index < -0.39 is 0 Å². The molecule has 0 amide bonds. The fourth-order valence-corrected chi connectivity index (χ4v) is 4.80. The Balaban J connectivity index is 1.32. The monoisotopic (exact) mass is 344 g/mol. The largest absolute Gasteiger partial charge is 0.490 e. The van der Waals surface area contributed by atoms with E-state index in [0.717, 1.165) is 22.5 Å². The molecule has 130 valence electrons. The van der Waals surface area contributed by atoms with Crippen LogP contribution in [0.1, 0.15) is 64.2 Å². The Kier molecular flexibility index (Phi) is 4.66. The standard InChI is InChI=1S/C20H28N2OS/c24-19(22-20(15-7-8-15)13-3-4-14-20)21-16-9-11-18(12-10-16)23-17-5-1-2-6-17/h9-12,15,17H,1-8,13-14H2,(H2,21,22,24). The number of benzene rings is 1. The van der Waals surface area contributed by atoms with Crippen LogP contribution in [-0.4, -0.2) is 16.8 Å². The second-order valence-electron chi connectivity index (χ2n) is 7.77. The molecular formula is C20H28N2OS. The minimum absolute atomic E-state index is 0.273. The van der Waals surface area contributed by atoms with Gasteiger partial charge in [0.25, 0.3) is 0 Å². The normalized spacial score (nSPS) is 23.2. The summed E-state index contributed by atoms with van der Waals surface area (Å²) in [5.74, 6) is 1.80. The van der Waals surface area contributed by atoms with Crippen molar-refractivity contribution in [1.82, 2.24) is 5.32 Å². The van der Waals surface area contributed by atoms with Crippen molar-refractivity contribution in [3.8, 4) is 5.75 Å². The summed E-state index contributed by atoms with van der Waals surface area (Å²) in [7, 11) is 0. The summed E-state index contributed by atoms with van der Waals surface area (Å²) in [5, 5.41) is 7.80. The highest BCUT2D eigenvalue weighted by Gasteiger charge is 2.47. The van der Waals surface area contributed by atoms with E-state index in [1.54, 1.807) is 0 Å². The van der Waals surface area contributed by atoms with Crippen LogP contribution in [0.15, 0.2) is 24.3 Å². The first-order valence-electron chi connectivity index (χ1n) is 9.59. The van der Waals surface area contributed by atoms with Gasteiger partial charge in [-0.05, 0) is 93.8 Å². The molecule has 4 heteroatoms. The van der Waals surface area contributed by atoms with E-state index in [2.05, 4.69) is 34.9 Å². The number of hydrogen-bond acceptors (Lipinski definition) is 2. The van der Waals surface area contributed by atoms with Crippen LogP contribution >= 0.6 is 12.2 Å². The third kappa shape index (κ3) is 3.69. The molecule has 24 heavy (non-hydrogen) atoms. The molecule has 0 unspecified atom stereocenters. The number of anilines is 1. The van der Waals surface area contributed by atoms with E-state index in [9.17, 15) is 0 Å². The Morgan fingerprint density at radius 1 is 0.958 bits per heavy atom. The molecule has 3 saturated carbocycles. The Morgan fingerprint density at radius 2 is 1.62 bits per heavy atom. The predicted octanol–water partition coefficient (Wildman–Crippen LogP) is 5.02. The maximum absolute atomic E-state index is 6.02. The Hall–Kier alpha value is -1.29. The molecule has 3 aliphatic carbocycles. The smallest absolute Gasteiger partial charge is 0.171 e. The van der Waals surface area contributed by atoms with Crippen LogP contribution in [0.25, 0.3) is 0 Å². The minimum Gasteiger partial charge on any atom is -0.490 e. The highest BCUT2D eigenvalue weighted by Crippen LogP contribution is 2.48. The van der Waals surface area contributed by atoms with Crippen molar-refractivity contribution in [2.45, 2.75) is 75.9 Å². The maximum atomic E-state index is 6.02. The van der Waals surface area contributed by atoms with Crippen molar-refractivity contribution < 1.29 is 4.74 Å². The summed E-state index contributed by atoms with van der Waals surface area (Å²) in [5.41, 5.74) is 1.31. The lowest BCUT2D eigenvalue weighted by Crippen LogP contribution is -2.49. The zero-order chi connectivity index (χ0) is 16.4. The van der Waals surface area contributed by atoms with Gasteiger partial charge >= 0.3 is 0 Å². The van der Waals surface area contributed by atoms with Gasteiger partial charge in [-0.2, -0.15) is 0 Å². The summed E-state index contributed by atoms with van der Waals surface area (Å²) >= 11 is 5.59. The molecule has 0 radical (unpaired) electrons. The van der Waals surface area contributed by atoms with Gasteiger partial charge in [0.2, 0.25) is 0 Å². The third-order valence-corrected chi connectivity index (χ3v) is 6.14. The summed E-state index contributed by atoms with van der Waals surface area (Å²) < 4.78 is 6.02. The topological polar surface area (TPSA) is 33.3 Å². The SMILES string of the molecule is S=C(Nc1ccc(OC2CCCC2)cc1)NC1(C2CC2)CCCC1. The van der Waals surface area contributed by atoms with E-state index in [4.69, 9.17) is 17.0 Å². The number of rotatable bonds is 5. The van der Waals surface area contributed by atoms with Crippen LogP contribution in [0.2, 0.25) is 0 Å². The van der Waals surface area contributed by atoms with Gasteiger partial charge in [0.05, 0.1) is 6.10 Å². The molecule has 0 saturated heterocycles. The zero-order valence-electron chi connectivity index (χ0n) is 14.4. The minimum atomic E-state index is 0.273. The Bertz CT molecular complexity index is 570. The fraction of sp³-hybridized carbons (Fsp3) is 0.650. The van der Waals surface area contributed by atoms with Crippen molar-refractivity contribution in [2.75, 3.05) is 5.32 Å². The average molecular weight is 345 g/mol. The second kappa shape index (κ2) is 6.91. The fourth-order valence-electron chi connectivity index (χ4n) is 4.48. The average Bonchev–Trinajstić information content (AvgIpc) is 3.13. The lowest BCUT2D eigenvalue weighted by atomic mass is 9.91. The second-order valence-corrected chi connectivity index (χ2v) is 8.17. The van der Waals surface area contributed by atoms with Gasteiger partial charge in [0.15, 0.2) is 5.11 Å². The molecule has 1 aromatic rings. The molecule has 0 heterocycles. The van der Waals surface area contributed by atoms with E-state index in [-0.39, 0.29) is 5.54 Å². The summed E-state index contributed by atoms with van der Waals surface area (Å²) in [6, 6.07) is 8.23. The first-order valence-corrected chi connectivity index (χ1v) is 10.0. The Labute approximate surface area is 150 Å². The van der Waals surface area contributed by atoms with E-state index in [1.807, 2.05) is 0 Å². The molecule has 0 atom stereocenters. The van der Waals surface area contributed by atoms with Crippen LogP contribution in [0.4, 0.5) is 5.69 Å².